The average molecular weight is 222 g/mol. The number of aromatic amines is 1. The van der Waals surface area contributed by atoms with Crippen molar-refractivity contribution in [2.24, 2.45) is 0 Å². The van der Waals surface area contributed by atoms with Crippen LogP contribution in [0.25, 0.3) is 11.2 Å². The average Bonchev–Trinajstić information content (AvgIpc) is 2.65. The van der Waals surface area contributed by atoms with Crippen molar-refractivity contribution in [3.8, 4) is 12.3 Å². The van der Waals surface area contributed by atoms with Crippen molar-refractivity contribution in [1.82, 2.24) is 19.9 Å². The van der Waals surface area contributed by atoms with E-state index in [1.165, 1.54) is 6.33 Å². The summed E-state index contributed by atoms with van der Waals surface area (Å²) in [5, 5.41) is 3.16. The molecule has 0 aliphatic carbocycles. The molecular weight excluding hydrogens is 214 g/mol. The molecule has 0 radical (unpaired) electrons. The van der Waals surface area contributed by atoms with Gasteiger partial charge in [-0.15, -0.1) is 6.42 Å². The summed E-state index contributed by atoms with van der Waals surface area (Å²) in [5.41, 5.74) is 1.21. The first-order valence-corrected chi connectivity index (χ1v) is 4.68. The number of imidazole rings is 1. The molecule has 0 spiro atoms. The van der Waals surface area contributed by atoms with Crippen LogP contribution < -0.4 is 5.32 Å². The van der Waals surface area contributed by atoms with Crippen LogP contribution in [-0.2, 0) is 0 Å². The van der Waals surface area contributed by atoms with Gasteiger partial charge >= 0.3 is 0 Å². The molecule has 0 aromatic carbocycles. The molecule has 5 nitrogen and oxygen atoms in total. The maximum atomic E-state index is 5.74. The van der Waals surface area contributed by atoms with Crippen molar-refractivity contribution in [3.63, 3.8) is 0 Å². The fraction of sp³-hybridized carbons (Fsp3) is 0.222. The smallest absolute Gasteiger partial charge is 0.226 e. The highest BCUT2D eigenvalue weighted by molar-refractivity contribution is 6.28. The number of fused-ring (bicyclic) bond motifs is 1. The van der Waals surface area contributed by atoms with E-state index in [4.69, 9.17) is 18.0 Å². The van der Waals surface area contributed by atoms with Crippen molar-refractivity contribution in [1.29, 1.82) is 0 Å². The fourth-order valence-electron chi connectivity index (χ4n) is 1.16. The van der Waals surface area contributed by atoms with E-state index in [2.05, 4.69) is 31.2 Å². The predicted molar refractivity (Wildman–Crippen MR) is 58.6 cm³/mol. The lowest BCUT2D eigenvalue weighted by Gasteiger charge is -2.08. The zero-order chi connectivity index (χ0) is 10.8. The minimum absolute atomic E-state index is 0.137. The van der Waals surface area contributed by atoms with Crippen LogP contribution in [0.2, 0.25) is 5.28 Å². The Bertz CT molecular complexity index is 527. The van der Waals surface area contributed by atoms with Gasteiger partial charge in [-0.1, -0.05) is 5.92 Å². The van der Waals surface area contributed by atoms with Crippen molar-refractivity contribution in [2.45, 2.75) is 13.0 Å². The quantitative estimate of drug-likeness (QED) is 0.595. The number of nitrogens with one attached hydrogen (secondary N) is 2. The third-order valence-electron chi connectivity index (χ3n) is 1.86. The van der Waals surface area contributed by atoms with Crippen LogP contribution >= 0.6 is 11.6 Å². The van der Waals surface area contributed by atoms with Crippen LogP contribution in [0, 0.1) is 12.3 Å². The van der Waals surface area contributed by atoms with Crippen LogP contribution in [0.5, 0.6) is 0 Å². The van der Waals surface area contributed by atoms with E-state index < -0.39 is 0 Å². The summed E-state index contributed by atoms with van der Waals surface area (Å²) in [6.45, 7) is 1.85. The second kappa shape index (κ2) is 3.75. The molecule has 6 heteroatoms. The van der Waals surface area contributed by atoms with Gasteiger partial charge in [0.05, 0.1) is 12.4 Å². The number of halogens is 1. The van der Waals surface area contributed by atoms with Crippen molar-refractivity contribution in [2.75, 3.05) is 5.32 Å². The lowest BCUT2D eigenvalue weighted by atomic mass is 10.3. The van der Waals surface area contributed by atoms with Crippen molar-refractivity contribution in [3.05, 3.63) is 11.6 Å². The Morgan fingerprint density at radius 2 is 2.40 bits per heavy atom. The first-order chi connectivity index (χ1) is 7.20. The number of terminal acetylenes is 1. The van der Waals surface area contributed by atoms with Gasteiger partial charge in [-0.3, -0.25) is 0 Å². The zero-order valence-corrected chi connectivity index (χ0v) is 8.71. The second-order valence-corrected chi connectivity index (χ2v) is 3.31. The third kappa shape index (κ3) is 1.85. The van der Waals surface area contributed by atoms with Gasteiger partial charge in [0.1, 0.15) is 5.52 Å². The molecule has 2 heterocycles. The minimum atomic E-state index is -0.137. The highest BCUT2D eigenvalue weighted by Crippen LogP contribution is 2.18. The molecule has 76 valence electrons. The van der Waals surface area contributed by atoms with Crippen LogP contribution in [0.15, 0.2) is 6.33 Å². The first-order valence-electron chi connectivity index (χ1n) is 4.30. The lowest BCUT2D eigenvalue weighted by molar-refractivity contribution is 1.01. The van der Waals surface area contributed by atoms with E-state index in [0.29, 0.717) is 17.0 Å². The Balaban J connectivity index is 2.49. The Morgan fingerprint density at radius 3 is 3.13 bits per heavy atom. The Labute approximate surface area is 91.3 Å². The van der Waals surface area contributed by atoms with E-state index in [0.717, 1.165) is 0 Å². The van der Waals surface area contributed by atoms with Gasteiger partial charge < -0.3 is 10.3 Å². The maximum Gasteiger partial charge on any atom is 0.226 e. The highest BCUT2D eigenvalue weighted by Gasteiger charge is 2.09. The van der Waals surface area contributed by atoms with Gasteiger partial charge in [0.25, 0.3) is 0 Å². The second-order valence-electron chi connectivity index (χ2n) is 2.98. The highest BCUT2D eigenvalue weighted by atomic mass is 35.5. The number of nitrogens with zero attached hydrogens (tertiary/aromatic N) is 3. The molecule has 1 atom stereocenters. The van der Waals surface area contributed by atoms with Crippen LogP contribution in [0.4, 0.5) is 5.82 Å². The summed E-state index contributed by atoms with van der Waals surface area (Å²) in [7, 11) is 0. The van der Waals surface area contributed by atoms with Crippen LogP contribution in [0.3, 0.4) is 0 Å². The first kappa shape index (κ1) is 9.74. The fourth-order valence-corrected chi connectivity index (χ4v) is 1.32. The van der Waals surface area contributed by atoms with E-state index >= 15 is 0 Å². The van der Waals surface area contributed by atoms with Crippen molar-refractivity contribution >= 4 is 28.6 Å². The zero-order valence-electron chi connectivity index (χ0n) is 7.95. The minimum Gasteiger partial charge on any atom is -0.355 e. The van der Waals surface area contributed by atoms with Gasteiger partial charge in [0, 0.05) is 0 Å². The van der Waals surface area contributed by atoms with Gasteiger partial charge in [-0.25, -0.2) is 4.98 Å². The third-order valence-corrected chi connectivity index (χ3v) is 2.03. The maximum absolute atomic E-state index is 5.74. The molecular formula is C9H8ClN5. The van der Waals surface area contributed by atoms with E-state index in [1.54, 1.807) is 0 Å². The van der Waals surface area contributed by atoms with Gasteiger partial charge in [-0.05, 0) is 18.5 Å². The molecule has 0 bridgehead atoms. The summed E-state index contributed by atoms with van der Waals surface area (Å²) in [4.78, 5) is 14.9. The molecule has 0 aliphatic rings. The van der Waals surface area contributed by atoms with E-state index in [1.807, 2.05) is 6.92 Å². The number of anilines is 1. The molecule has 2 aromatic rings. The number of H-pyrrole nitrogens is 1. The molecule has 0 fully saturated rings. The Hall–Kier alpha value is -1.80. The van der Waals surface area contributed by atoms with Gasteiger partial charge in [0.15, 0.2) is 11.5 Å². The molecule has 2 aromatic heterocycles. The van der Waals surface area contributed by atoms with E-state index in [9.17, 15) is 0 Å². The monoisotopic (exact) mass is 221 g/mol. The standard InChI is InChI=1S/C9H8ClN5/c1-3-5(2)13-8-6-7(12-4-11-6)14-9(10)15-8/h1,4-5H,2H3,(H2,11,12,13,14,15). The Morgan fingerprint density at radius 1 is 1.60 bits per heavy atom. The largest absolute Gasteiger partial charge is 0.355 e. The molecule has 15 heavy (non-hydrogen) atoms. The molecule has 0 aliphatic heterocycles. The normalized spacial score (nSPS) is 12.3. The molecule has 2 rings (SSSR count). The van der Waals surface area contributed by atoms with Crippen LogP contribution in [0.1, 0.15) is 6.92 Å². The van der Waals surface area contributed by atoms with Gasteiger partial charge in [0.2, 0.25) is 5.28 Å². The number of hydrogen-bond acceptors (Lipinski definition) is 4. The number of hydrogen-bond donors (Lipinski definition) is 2. The topological polar surface area (TPSA) is 66.5 Å². The summed E-state index contributed by atoms with van der Waals surface area (Å²) in [6.07, 6.45) is 6.79. The summed E-state index contributed by atoms with van der Waals surface area (Å²) in [6, 6.07) is -0.137. The predicted octanol–water partition coefficient (Wildman–Crippen LogP) is 1.44. The van der Waals surface area contributed by atoms with Crippen molar-refractivity contribution < 1.29 is 0 Å². The molecule has 0 saturated heterocycles. The number of rotatable bonds is 2. The summed E-state index contributed by atoms with van der Waals surface area (Å²) >= 11 is 5.74. The lowest BCUT2D eigenvalue weighted by Crippen LogP contribution is -2.13. The van der Waals surface area contributed by atoms with E-state index in [-0.39, 0.29) is 11.3 Å². The molecule has 0 saturated carbocycles. The number of aromatic nitrogens is 4. The SMILES string of the molecule is C#CC(C)Nc1nc(Cl)nc2nc[nH]c12. The summed E-state index contributed by atoms with van der Waals surface area (Å²) < 4.78 is 0. The van der Waals surface area contributed by atoms with Gasteiger partial charge in [-0.2, -0.15) is 9.97 Å². The Kier molecular flexibility index (Phi) is 2.44. The molecule has 2 N–H and O–H groups in total. The van der Waals surface area contributed by atoms with Crippen LogP contribution in [-0.4, -0.2) is 26.0 Å². The molecule has 0 amide bonds. The summed E-state index contributed by atoms with van der Waals surface area (Å²) in [5.74, 6) is 3.10. The molecule has 1 unspecified atom stereocenters.